The highest BCUT2D eigenvalue weighted by atomic mass is 16.2. The summed E-state index contributed by atoms with van der Waals surface area (Å²) in [6, 6.07) is 22.2. The Morgan fingerprint density at radius 2 is 1.58 bits per heavy atom. The maximum absolute atomic E-state index is 14.0. The number of rotatable bonds is 3. The third-order valence-electron chi connectivity index (χ3n) is 6.57. The van der Waals surface area contributed by atoms with Gasteiger partial charge in [0.05, 0.1) is 27.9 Å². The first kappa shape index (κ1) is 20.3. The van der Waals surface area contributed by atoms with Crippen molar-refractivity contribution in [3.8, 4) is 0 Å². The van der Waals surface area contributed by atoms with E-state index in [-0.39, 0.29) is 5.57 Å². The van der Waals surface area contributed by atoms with E-state index in [0.717, 1.165) is 16.4 Å². The SMILES string of the molecule is Cn1nc(C2=C(c3c[nH]c4ccccc34)C(=O)N(c3ccccc3)C2=O)c2cc3ncccc3nc21. The fourth-order valence-corrected chi connectivity index (χ4v) is 4.94. The molecular formula is C28H18N6O2. The predicted molar refractivity (Wildman–Crippen MR) is 138 cm³/mol. The number of aryl methyl sites for hydroxylation is 1. The van der Waals surface area contributed by atoms with Gasteiger partial charge in [-0.05, 0) is 36.4 Å². The maximum Gasteiger partial charge on any atom is 0.268 e. The van der Waals surface area contributed by atoms with E-state index in [1.165, 1.54) is 4.90 Å². The highest BCUT2D eigenvalue weighted by Gasteiger charge is 2.43. The van der Waals surface area contributed by atoms with E-state index in [9.17, 15) is 9.59 Å². The molecular weight excluding hydrogens is 452 g/mol. The molecule has 2 aromatic carbocycles. The number of H-pyrrole nitrogens is 1. The van der Waals surface area contributed by atoms with Gasteiger partial charge in [0.2, 0.25) is 0 Å². The van der Waals surface area contributed by atoms with E-state index < -0.39 is 11.8 Å². The summed E-state index contributed by atoms with van der Waals surface area (Å²) in [5.74, 6) is -0.816. The second-order valence-corrected chi connectivity index (χ2v) is 8.65. The summed E-state index contributed by atoms with van der Waals surface area (Å²) in [5, 5.41) is 6.22. The third-order valence-corrected chi connectivity index (χ3v) is 6.57. The van der Waals surface area contributed by atoms with Gasteiger partial charge in [-0.15, -0.1) is 0 Å². The fraction of sp³-hybridized carbons (Fsp3) is 0.0357. The number of hydrogen-bond donors (Lipinski definition) is 1. The van der Waals surface area contributed by atoms with Crippen molar-refractivity contribution in [2.45, 2.75) is 0 Å². The zero-order valence-corrected chi connectivity index (χ0v) is 19.1. The smallest absolute Gasteiger partial charge is 0.268 e. The Hall–Kier alpha value is -5.11. The van der Waals surface area contributed by atoms with Crippen LogP contribution in [0, 0.1) is 0 Å². The average Bonchev–Trinajstić information content (AvgIpc) is 3.54. The van der Waals surface area contributed by atoms with E-state index >= 15 is 0 Å². The van der Waals surface area contributed by atoms with Gasteiger partial charge < -0.3 is 4.98 Å². The number of nitrogens with zero attached hydrogens (tertiary/aromatic N) is 5. The van der Waals surface area contributed by atoms with Crippen LogP contribution >= 0.6 is 0 Å². The van der Waals surface area contributed by atoms with Gasteiger partial charge in [-0.1, -0.05) is 36.4 Å². The number of hydrogen-bond acceptors (Lipinski definition) is 5. The number of para-hydroxylation sites is 2. The van der Waals surface area contributed by atoms with Gasteiger partial charge in [0.15, 0.2) is 5.65 Å². The lowest BCUT2D eigenvalue weighted by Crippen LogP contribution is -2.31. The lowest BCUT2D eigenvalue weighted by atomic mass is 9.98. The number of aromatic amines is 1. The minimum Gasteiger partial charge on any atom is -0.361 e. The summed E-state index contributed by atoms with van der Waals surface area (Å²) in [4.78, 5) is 41.6. The van der Waals surface area contributed by atoms with Crippen molar-refractivity contribution in [2.75, 3.05) is 4.90 Å². The van der Waals surface area contributed by atoms with Crippen molar-refractivity contribution in [1.82, 2.24) is 24.7 Å². The van der Waals surface area contributed by atoms with Gasteiger partial charge >= 0.3 is 0 Å². The van der Waals surface area contributed by atoms with Crippen LogP contribution in [0.3, 0.4) is 0 Å². The molecule has 0 saturated heterocycles. The van der Waals surface area contributed by atoms with Crippen LogP contribution in [0.15, 0.2) is 85.2 Å². The average molecular weight is 470 g/mol. The molecule has 5 heterocycles. The summed E-state index contributed by atoms with van der Waals surface area (Å²) < 4.78 is 1.64. The highest BCUT2D eigenvalue weighted by Crippen LogP contribution is 2.41. The monoisotopic (exact) mass is 470 g/mol. The third kappa shape index (κ3) is 2.78. The normalized spacial score (nSPS) is 14.2. The van der Waals surface area contributed by atoms with Crippen molar-refractivity contribution in [2.24, 2.45) is 7.05 Å². The van der Waals surface area contributed by atoms with E-state index in [2.05, 4.69) is 9.97 Å². The summed E-state index contributed by atoms with van der Waals surface area (Å²) in [7, 11) is 1.78. The van der Waals surface area contributed by atoms with Crippen LogP contribution in [0.2, 0.25) is 0 Å². The van der Waals surface area contributed by atoms with Crippen LogP contribution in [0.1, 0.15) is 11.3 Å². The zero-order valence-electron chi connectivity index (χ0n) is 19.1. The number of fused-ring (bicyclic) bond motifs is 3. The van der Waals surface area contributed by atoms with Crippen molar-refractivity contribution < 1.29 is 9.59 Å². The molecule has 0 spiro atoms. The molecule has 0 atom stereocenters. The second-order valence-electron chi connectivity index (χ2n) is 8.65. The molecule has 0 fully saturated rings. The number of carbonyl (C=O) groups excluding carboxylic acids is 2. The summed E-state index contributed by atoms with van der Waals surface area (Å²) in [5.41, 5.74) is 5.02. The number of pyridine rings is 2. The number of nitrogens with one attached hydrogen (secondary N) is 1. The van der Waals surface area contributed by atoms with Gasteiger partial charge in [-0.3, -0.25) is 14.6 Å². The molecule has 0 aliphatic carbocycles. The Morgan fingerprint density at radius 3 is 2.44 bits per heavy atom. The lowest BCUT2D eigenvalue weighted by molar-refractivity contribution is -0.119. The maximum atomic E-state index is 14.0. The van der Waals surface area contributed by atoms with Gasteiger partial charge in [0.25, 0.3) is 11.8 Å². The number of imide groups is 1. The molecule has 8 heteroatoms. The molecule has 0 unspecified atom stereocenters. The first-order valence-electron chi connectivity index (χ1n) is 11.5. The number of aromatic nitrogens is 5. The Bertz CT molecular complexity index is 1900. The van der Waals surface area contributed by atoms with Gasteiger partial charge in [-0.25, -0.2) is 14.6 Å². The molecule has 1 aliphatic heterocycles. The predicted octanol–water partition coefficient (Wildman–Crippen LogP) is 4.48. The fourth-order valence-electron chi connectivity index (χ4n) is 4.94. The van der Waals surface area contributed by atoms with E-state index in [1.807, 2.05) is 48.5 Å². The van der Waals surface area contributed by atoms with E-state index in [0.29, 0.717) is 39.1 Å². The second kappa shape index (κ2) is 7.44. The van der Waals surface area contributed by atoms with Crippen LogP contribution < -0.4 is 4.90 Å². The molecule has 6 aromatic rings. The van der Waals surface area contributed by atoms with Crippen LogP contribution in [-0.2, 0) is 16.6 Å². The Balaban J connectivity index is 1.55. The number of carbonyl (C=O) groups is 2. The first-order chi connectivity index (χ1) is 17.6. The topological polar surface area (TPSA) is 96.8 Å². The van der Waals surface area contributed by atoms with Gasteiger partial charge in [0.1, 0.15) is 5.69 Å². The number of amides is 2. The lowest BCUT2D eigenvalue weighted by Gasteiger charge is -2.14. The van der Waals surface area contributed by atoms with Crippen LogP contribution in [-0.4, -0.2) is 36.5 Å². The molecule has 0 bridgehead atoms. The standard InChI is InChI=1S/C28H18N6O2/c1-33-26-18(14-22-21(31-26)12-7-13-29-22)25(32-33)24-23(19-15-30-20-11-6-5-10-17(19)20)27(35)34(28(24)36)16-8-3-2-4-9-16/h2-15,30H,1H3. The zero-order chi connectivity index (χ0) is 24.4. The van der Waals surface area contributed by atoms with Crippen LogP contribution in [0.5, 0.6) is 0 Å². The summed E-state index contributed by atoms with van der Waals surface area (Å²) in [6.07, 6.45) is 3.48. The molecule has 2 amide bonds. The highest BCUT2D eigenvalue weighted by molar-refractivity contribution is 6.58. The largest absolute Gasteiger partial charge is 0.361 e. The molecule has 0 radical (unpaired) electrons. The van der Waals surface area contributed by atoms with Crippen molar-refractivity contribution in [3.63, 3.8) is 0 Å². The van der Waals surface area contributed by atoms with E-state index in [1.54, 1.807) is 48.4 Å². The van der Waals surface area contributed by atoms with E-state index in [4.69, 9.17) is 10.1 Å². The van der Waals surface area contributed by atoms with Crippen LogP contribution in [0.25, 0.3) is 44.1 Å². The van der Waals surface area contributed by atoms with Crippen molar-refractivity contribution >= 4 is 61.6 Å². The first-order valence-corrected chi connectivity index (χ1v) is 11.5. The molecule has 4 aromatic heterocycles. The minimum atomic E-state index is -0.424. The number of anilines is 1. The van der Waals surface area contributed by atoms with Gasteiger partial charge in [-0.2, -0.15) is 5.10 Å². The van der Waals surface area contributed by atoms with Crippen molar-refractivity contribution in [1.29, 1.82) is 0 Å². The van der Waals surface area contributed by atoms with Crippen LogP contribution in [0.4, 0.5) is 5.69 Å². The molecule has 7 rings (SSSR count). The quantitative estimate of drug-likeness (QED) is 0.385. The molecule has 0 saturated carbocycles. The molecule has 36 heavy (non-hydrogen) atoms. The summed E-state index contributed by atoms with van der Waals surface area (Å²) in [6.45, 7) is 0. The minimum absolute atomic E-state index is 0.247. The Morgan fingerprint density at radius 1 is 0.806 bits per heavy atom. The number of benzene rings is 2. The summed E-state index contributed by atoms with van der Waals surface area (Å²) >= 11 is 0. The Kier molecular flexibility index (Phi) is 4.19. The molecule has 8 nitrogen and oxygen atoms in total. The Labute approximate surface area is 204 Å². The van der Waals surface area contributed by atoms with Gasteiger partial charge in [0, 0.05) is 41.3 Å². The molecule has 1 N–H and O–H groups in total. The van der Waals surface area contributed by atoms with Crippen molar-refractivity contribution in [3.05, 3.63) is 96.4 Å². The molecule has 172 valence electrons. The molecule has 1 aliphatic rings.